The molecule has 1 amide bonds. The number of hydrogen-bond donors (Lipinski definition) is 2. The number of anilines is 1. The van der Waals surface area contributed by atoms with Crippen LogP contribution in [0.5, 0.6) is 5.75 Å². The van der Waals surface area contributed by atoms with Crippen LogP contribution in [0.1, 0.15) is 5.56 Å². The molecule has 0 saturated heterocycles. The van der Waals surface area contributed by atoms with E-state index in [0.29, 0.717) is 11.4 Å². The molecule has 1 atom stereocenters. The predicted octanol–water partition coefficient (Wildman–Crippen LogP) is 4.16. The molecule has 2 N–H and O–H groups in total. The number of ether oxygens (including phenoxy) is 1. The predicted molar refractivity (Wildman–Crippen MR) is 99.0 cm³/mol. The fourth-order valence-electron chi connectivity index (χ4n) is 2.05. The molecule has 0 saturated carbocycles. The molecule has 0 bridgehead atoms. The lowest BCUT2D eigenvalue weighted by molar-refractivity contribution is -0.120. The second kappa shape index (κ2) is 8.47. The second-order valence-corrected chi connectivity index (χ2v) is 7.45. The van der Waals surface area contributed by atoms with Gasteiger partial charge in [0.25, 0.3) is 0 Å². The van der Waals surface area contributed by atoms with E-state index in [1.54, 1.807) is 31.4 Å². The molecular weight excluding hydrogens is 371 g/mol. The molecule has 24 heavy (non-hydrogen) atoms. The third kappa shape index (κ3) is 5.78. The highest BCUT2D eigenvalue weighted by molar-refractivity contribution is 6.68. The van der Waals surface area contributed by atoms with Crippen LogP contribution in [0.25, 0.3) is 0 Å². The Labute approximate surface area is 156 Å². The Morgan fingerprint density at radius 3 is 2.25 bits per heavy atom. The van der Waals surface area contributed by atoms with Crippen molar-refractivity contribution < 1.29 is 9.53 Å². The van der Waals surface area contributed by atoms with Crippen molar-refractivity contribution in [1.29, 1.82) is 0 Å². The highest BCUT2D eigenvalue weighted by Gasteiger charge is 2.34. The van der Waals surface area contributed by atoms with Gasteiger partial charge < -0.3 is 15.4 Å². The summed E-state index contributed by atoms with van der Waals surface area (Å²) in [5.41, 5.74) is 1.56. The molecule has 7 heteroatoms. The maximum Gasteiger partial charge on any atom is 0.228 e. The zero-order chi connectivity index (χ0) is 17.6. The van der Waals surface area contributed by atoms with Gasteiger partial charge in [0.2, 0.25) is 9.70 Å². The largest absolute Gasteiger partial charge is 0.497 e. The van der Waals surface area contributed by atoms with Crippen LogP contribution in [-0.4, -0.2) is 23.0 Å². The van der Waals surface area contributed by atoms with Crippen LogP contribution in [0.4, 0.5) is 5.69 Å². The van der Waals surface area contributed by atoms with Gasteiger partial charge in [-0.15, -0.1) is 0 Å². The first-order valence-corrected chi connectivity index (χ1v) is 8.32. The number of amides is 1. The van der Waals surface area contributed by atoms with Gasteiger partial charge >= 0.3 is 0 Å². The molecule has 0 aliphatic rings. The van der Waals surface area contributed by atoms with E-state index >= 15 is 0 Å². The van der Waals surface area contributed by atoms with Crippen LogP contribution < -0.4 is 15.4 Å². The van der Waals surface area contributed by atoms with E-state index in [1.165, 1.54) is 0 Å². The average molecular weight is 388 g/mol. The first-order valence-electron chi connectivity index (χ1n) is 7.19. The third-order valence-corrected chi connectivity index (χ3v) is 3.90. The maximum absolute atomic E-state index is 12.2. The number of carbonyl (C=O) groups is 1. The average Bonchev–Trinajstić information content (AvgIpc) is 2.55. The van der Waals surface area contributed by atoms with Gasteiger partial charge in [0.15, 0.2) is 0 Å². The summed E-state index contributed by atoms with van der Waals surface area (Å²) >= 11 is 18.0. The van der Waals surface area contributed by atoms with Crippen molar-refractivity contribution in [3.8, 4) is 5.75 Å². The fraction of sp³-hybridized carbons (Fsp3) is 0.235. The van der Waals surface area contributed by atoms with Crippen LogP contribution in [0.3, 0.4) is 0 Å². The monoisotopic (exact) mass is 386 g/mol. The molecule has 0 heterocycles. The van der Waals surface area contributed by atoms with Crippen LogP contribution in [0, 0.1) is 0 Å². The summed E-state index contributed by atoms with van der Waals surface area (Å²) in [6.45, 7) is 0. The van der Waals surface area contributed by atoms with Gasteiger partial charge in [-0.2, -0.15) is 0 Å². The zero-order valence-electron chi connectivity index (χ0n) is 12.9. The molecule has 2 aromatic carbocycles. The number of carbonyl (C=O) groups excluding carboxylic acids is 1. The minimum Gasteiger partial charge on any atom is -0.497 e. The van der Waals surface area contributed by atoms with E-state index in [4.69, 9.17) is 39.5 Å². The standard InChI is InChI=1S/C17H17Cl3N2O2/c1-24-14-9-7-13(8-10-14)21-16(17(18,19)20)22-15(23)11-12-5-3-2-4-6-12/h2-10,16,21H,11H2,1H3,(H,22,23)/t16-/m1/s1. The van der Waals surface area contributed by atoms with Crippen LogP contribution in [-0.2, 0) is 11.2 Å². The molecule has 0 radical (unpaired) electrons. The van der Waals surface area contributed by atoms with E-state index in [0.717, 1.165) is 5.56 Å². The van der Waals surface area contributed by atoms with Crippen LogP contribution >= 0.6 is 34.8 Å². The third-order valence-electron chi connectivity index (χ3n) is 3.24. The van der Waals surface area contributed by atoms with Crippen molar-refractivity contribution in [2.45, 2.75) is 16.4 Å². The van der Waals surface area contributed by atoms with E-state index < -0.39 is 9.96 Å². The van der Waals surface area contributed by atoms with Gasteiger partial charge in [0.05, 0.1) is 13.5 Å². The summed E-state index contributed by atoms with van der Waals surface area (Å²) in [5, 5.41) is 5.71. The van der Waals surface area contributed by atoms with Crippen LogP contribution in [0.2, 0.25) is 0 Å². The summed E-state index contributed by atoms with van der Waals surface area (Å²) in [6, 6.07) is 16.4. The van der Waals surface area contributed by atoms with Crippen molar-refractivity contribution in [1.82, 2.24) is 5.32 Å². The van der Waals surface area contributed by atoms with Gasteiger partial charge in [0, 0.05) is 5.69 Å². The number of rotatable bonds is 6. The SMILES string of the molecule is COc1ccc(N[C@H](NC(=O)Cc2ccccc2)C(Cl)(Cl)Cl)cc1. The van der Waals surface area contributed by atoms with E-state index in [1.807, 2.05) is 30.3 Å². The molecule has 0 aromatic heterocycles. The summed E-state index contributed by atoms with van der Waals surface area (Å²) in [6.07, 6.45) is -0.686. The van der Waals surface area contributed by atoms with Gasteiger partial charge in [-0.05, 0) is 29.8 Å². The molecule has 2 aromatic rings. The molecule has 128 valence electrons. The fourth-order valence-corrected chi connectivity index (χ4v) is 2.37. The van der Waals surface area contributed by atoms with Gasteiger partial charge in [-0.3, -0.25) is 4.79 Å². The molecule has 4 nitrogen and oxygen atoms in total. The normalized spacial score (nSPS) is 12.3. The molecule has 0 unspecified atom stereocenters. The van der Waals surface area contributed by atoms with Crippen molar-refractivity contribution in [3.63, 3.8) is 0 Å². The summed E-state index contributed by atoms with van der Waals surface area (Å²) in [4.78, 5) is 12.2. The van der Waals surface area contributed by atoms with Crippen LogP contribution in [0.15, 0.2) is 54.6 Å². The number of benzene rings is 2. The Morgan fingerprint density at radius 1 is 1.08 bits per heavy atom. The lowest BCUT2D eigenvalue weighted by Gasteiger charge is -2.27. The van der Waals surface area contributed by atoms with Crippen molar-refractivity contribution >= 4 is 46.4 Å². The van der Waals surface area contributed by atoms with Gasteiger partial charge in [0.1, 0.15) is 11.9 Å². The minimum atomic E-state index is -1.72. The summed E-state index contributed by atoms with van der Waals surface area (Å²) in [5.74, 6) is 0.456. The number of methoxy groups -OCH3 is 1. The Hall–Kier alpha value is -1.62. The summed E-state index contributed by atoms with van der Waals surface area (Å²) in [7, 11) is 1.58. The Balaban J connectivity index is 2.03. The first kappa shape index (κ1) is 18.7. The number of hydrogen-bond acceptors (Lipinski definition) is 3. The minimum absolute atomic E-state index is 0.197. The number of halogens is 3. The Morgan fingerprint density at radius 2 is 1.71 bits per heavy atom. The second-order valence-electron chi connectivity index (χ2n) is 5.08. The summed E-state index contributed by atoms with van der Waals surface area (Å²) < 4.78 is 3.38. The van der Waals surface area contributed by atoms with Crippen molar-refractivity contribution in [2.24, 2.45) is 0 Å². The smallest absolute Gasteiger partial charge is 0.228 e. The van der Waals surface area contributed by atoms with E-state index in [-0.39, 0.29) is 12.3 Å². The van der Waals surface area contributed by atoms with Crippen molar-refractivity contribution in [3.05, 3.63) is 60.2 Å². The maximum atomic E-state index is 12.2. The Bertz CT molecular complexity index is 658. The number of alkyl halides is 3. The molecular formula is C17H17Cl3N2O2. The van der Waals surface area contributed by atoms with E-state index in [2.05, 4.69) is 10.6 Å². The topological polar surface area (TPSA) is 50.4 Å². The van der Waals surface area contributed by atoms with E-state index in [9.17, 15) is 4.79 Å². The number of nitrogens with one attached hydrogen (secondary N) is 2. The van der Waals surface area contributed by atoms with Gasteiger partial charge in [-0.25, -0.2) is 0 Å². The molecule has 0 aliphatic heterocycles. The molecule has 2 rings (SSSR count). The molecule has 0 fully saturated rings. The molecule has 0 spiro atoms. The molecule has 0 aliphatic carbocycles. The highest BCUT2D eigenvalue weighted by Crippen LogP contribution is 2.31. The first-order chi connectivity index (χ1) is 11.4. The van der Waals surface area contributed by atoms with Crippen molar-refractivity contribution in [2.75, 3.05) is 12.4 Å². The lowest BCUT2D eigenvalue weighted by atomic mass is 10.1. The van der Waals surface area contributed by atoms with Gasteiger partial charge in [-0.1, -0.05) is 65.1 Å². The highest BCUT2D eigenvalue weighted by atomic mass is 35.6. The Kier molecular flexibility index (Phi) is 6.60. The quantitative estimate of drug-likeness (QED) is 0.578. The lowest BCUT2D eigenvalue weighted by Crippen LogP contribution is -2.49. The zero-order valence-corrected chi connectivity index (χ0v) is 15.2.